The van der Waals surface area contributed by atoms with Crippen molar-refractivity contribution in [2.75, 3.05) is 6.54 Å². The summed E-state index contributed by atoms with van der Waals surface area (Å²) in [5, 5.41) is 3.70. The largest absolute Gasteiger partial charge is 0.305 e. The molecule has 1 aromatic rings. The Bertz CT molecular complexity index is 455. The maximum absolute atomic E-state index is 13.6. The number of piperidine rings is 1. The van der Waals surface area contributed by atoms with Gasteiger partial charge in [-0.25, -0.2) is 4.39 Å². The molecule has 1 aromatic carbocycles. The normalized spacial score (nSPS) is 23.9. The topological polar surface area (TPSA) is 29.1 Å². The van der Waals surface area contributed by atoms with E-state index >= 15 is 0 Å². The first-order valence-electron chi connectivity index (χ1n) is 6.23. The van der Waals surface area contributed by atoms with E-state index < -0.39 is 5.54 Å². The first-order chi connectivity index (χ1) is 8.51. The number of rotatable bonds is 3. The Morgan fingerprint density at radius 1 is 1.50 bits per heavy atom. The van der Waals surface area contributed by atoms with Crippen LogP contribution in [0.1, 0.15) is 31.7 Å². The summed E-state index contributed by atoms with van der Waals surface area (Å²) in [4.78, 5) is 12.3. The van der Waals surface area contributed by atoms with Gasteiger partial charge in [-0.3, -0.25) is 4.79 Å². The number of halogens is 2. The van der Waals surface area contributed by atoms with E-state index in [9.17, 15) is 9.18 Å². The van der Waals surface area contributed by atoms with E-state index in [0.29, 0.717) is 10.6 Å². The average Bonchev–Trinajstić information content (AvgIpc) is 2.35. The third-order valence-electron chi connectivity index (χ3n) is 3.59. The number of Topliss-reactive ketones (excluding diaryl/α,β-unsaturated/α-hetero) is 1. The van der Waals surface area contributed by atoms with Gasteiger partial charge in [0.05, 0.1) is 5.54 Å². The van der Waals surface area contributed by atoms with Gasteiger partial charge in [0.2, 0.25) is 0 Å². The summed E-state index contributed by atoms with van der Waals surface area (Å²) in [7, 11) is 0. The van der Waals surface area contributed by atoms with E-state index in [4.69, 9.17) is 11.6 Å². The Kier molecular flexibility index (Phi) is 4.03. The van der Waals surface area contributed by atoms with Crippen LogP contribution in [0.15, 0.2) is 18.2 Å². The van der Waals surface area contributed by atoms with Crippen molar-refractivity contribution in [1.29, 1.82) is 0 Å². The van der Waals surface area contributed by atoms with Crippen molar-refractivity contribution < 1.29 is 9.18 Å². The van der Waals surface area contributed by atoms with E-state index in [1.165, 1.54) is 18.2 Å². The van der Waals surface area contributed by atoms with Gasteiger partial charge in [0.15, 0.2) is 5.78 Å². The maximum Gasteiger partial charge on any atom is 0.157 e. The van der Waals surface area contributed by atoms with Crippen LogP contribution in [-0.2, 0) is 11.2 Å². The van der Waals surface area contributed by atoms with Crippen LogP contribution in [0.25, 0.3) is 0 Å². The molecule has 1 aliphatic rings. The standard InChI is InChI=1S/C14H17ClFNO/c1-14(6-2-3-7-17-14)13(18)9-10-8-11(15)4-5-12(10)16/h4-5,8,17H,2-3,6-7,9H2,1H3. The van der Waals surface area contributed by atoms with Gasteiger partial charge in [0, 0.05) is 11.4 Å². The third-order valence-corrected chi connectivity index (χ3v) is 3.83. The minimum Gasteiger partial charge on any atom is -0.305 e. The molecule has 0 aromatic heterocycles. The molecule has 1 unspecified atom stereocenters. The fourth-order valence-electron chi connectivity index (χ4n) is 2.34. The van der Waals surface area contributed by atoms with Crippen LogP contribution >= 0.6 is 11.6 Å². The number of hydrogen-bond acceptors (Lipinski definition) is 2. The van der Waals surface area contributed by atoms with Crippen molar-refractivity contribution in [3.05, 3.63) is 34.6 Å². The Hall–Kier alpha value is -0.930. The van der Waals surface area contributed by atoms with Crippen molar-refractivity contribution in [2.24, 2.45) is 0 Å². The third kappa shape index (κ3) is 2.90. The molecule has 98 valence electrons. The van der Waals surface area contributed by atoms with Gasteiger partial charge in [-0.05, 0) is 56.5 Å². The van der Waals surface area contributed by atoms with Crippen molar-refractivity contribution in [3.63, 3.8) is 0 Å². The summed E-state index contributed by atoms with van der Waals surface area (Å²) in [5.41, 5.74) is -0.145. The molecule has 2 rings (SSSR count). The average molecular weight is 270 g/mol. The maximum atomic E-state index is 13.6. The predicted octanol–water partition coefficient (Wildman–Crippen LogP) is 3.12. The Morgan fingerprint density at radius 2 is 2.28 bits per heavy atom. The molecule has 4 heteroatoms. The lowest BCUT2D eigenvalue weighted by atomic mass is 9.84. The fraction of sp³-hybridized carbons (Fsp3) is 0.500. The Labute approximate surface area is 112 Å². The Balaban J connectivity index is 2.13. The zero-order valence-corrected chi connectivity index (χ0v) is 11.2. The second-order valence-corrected chi connectivity index (χ2v) is 5.49. The van der Waals surface area contributed by atoms with Crippen LogP contribution in [0.3, 0.4) is 0 Å². The first kappa shape index (κ1) is 13.5. The van der Waals surface area contributed by atoms with Crippen LogP contribution in [0.5, 0.6) is 0 Å². The zero-order chi connectivity index (χ0) is 13.2. The molecule has 0 radical (unpaired) electrons. The highest BCUT2D eigenvalue weighted by atomic mass is 35.5. The molecule has 1 fully saturated rings. The molecule has 1 aliphatic heterocycles. The number of nitrogens with one attached hydrogen (secondary N) is 1. The molecule has 1 saturated heterocycles. The van der Waals surface area contributed by atoms with Crippen LogP contribution in [0.2, 0.25) is 5.02 Å². The summed E-state index contributed by atoms with van der Waals surface area (Å²) in [6, 6.07) is 4.33. The molecule has 2 nitrogen and oxygen atoms in total. The van der Waals surface area contributed by atoms with Crippen molar-refractivity contribution in [2.45, 2.75) is 38.1 Å². The summed E-state index contributed by atoms with van der Waals surface area (Å²) in [5.74, 6) is -0.337. The molecular weight excluding hydrogens is 253 g/mol. The quantitative estimate of drug-likeness (QED) is 0.913. The lowest BCUT2D eigenvalue weighted by molar-refractivity contribution is -0.125. The van der Waals surface area contributed by atoms with Gasteiger partial charge in [0.1, 0.15) is 5.82 Å². The highest BCUT2D eigenvalue weighted by molar-refractivity contribution is 6.30. The number of hydrogen-bond donors (Lipinski definition) is 1. The van der Waals surface area contributed by atoms with Gasteiger partial charge >= 0.3 is 0 Å². The number of carbonyl (C=O) groups excluding carboxylic acids is 1. The zero-order valence-electron chi connectivity index (χ0n) is 10.4. The lowest BCUT2D eigenvalue weighted by Gasteiger charge is -2.33. The van der Waals surface area contributed by atoms with E-state index in [1.807, 2.05) is 6.92 Å². The van der Waals surface area contributed by atoms with Gasteiger partial charge in [-0.2, -0.15) is 0 Å². The van der Waals surface area contributed by atoms with Crippen LogP contribution < -0.4 is 5.32 Å². The summed E-state index contributed by atoms with van der Waals surface area (Å²) >= 11 is 5.83. The molecule has 18 heavy (non-hydrogen) atoms. The van der Waals surface area contributed by atoms with Crippen molar-refractivity contribution >= 4 is 17.4 Å². The van der Waals surface area contributed by atoms with E-state index in [1.54, 1.807) is 0 Å². The van der Waals surface area contributed by atoms with Crippen LogP contribution in [0.4, 0.5) is 4.39 Å². The monoisotopic (exact) mass is 269 g/mol. The molecular formula is C14H17ClFNO. The van der Waals surface area contributed by atoms with Gasteiger partial charge in [-0.15, -0.1) is 0 Å². The molecule has 1 heterocycles. The van der Waals surface area contributed by atoms with E-state index in [2.05, 4.69) is 5.32 Å². The SMILES string of the molecule is CC1(C(=O)Cc2cc(Cl)ccc2F)CCCCN1. The fourth-order valence-corrected chi connectivity index (χ4v) is 2.54. The first-order valence-corrected chi connectivity index (χ1v) is 6.61. The summed E-state index contributed by atoms with van der Waals surface area (Å²) in [6.45, 7) is 2.75. The molecule has 0 bridgehead atoms. The van der Waals surface area contributed by atoms with Crippen LogP contribution in [0, 0.1) is 5.82 Å². The van der Waals surface area contributed by atoms with Gasteiger partial charge in [-0.1, -0.05) is 11.6 Å². The number of benzene rings is 1. The Morgan fingerprint density at radius 3 is 2.94 bits per heavy atom. The highest BCUT2D eigenvalue weighted by Crippen LogP contribution is 2.23. The minimum absolute atomic E-state index is 0.0309. The molecule has 0 spiro atoms. The van der Waals surface area contributed by atoms with E-state index in [0.717, 1.165) is 25.8 Å². The smallest absolute Gasteiger partial charge is 0.157 e. The summed E-state index contributed by atoms with van der Waals surface area (Å²) < 4.78 is 13.6. The molecule has 0 amide bonds. The molecule has 0 aliphatic carbocycles. The van der Waals surface area contributed by atoms with Crippen LogP contribution in [-0.4, -0.2) is 17.9 Å². The minimum atomic E-state index is -0.521. The molecule has 1 N–H and O–H groups in total. The molecule has 0 saturated carbocycles. The second-order valence-electron chi connectivity index (χ2n) is 5.05. The highest BCUT2D eigenvalue weighted by Gasteiger charge is 2.34. The van der Waals surface area contributed by atoms with Gasteiger partial charge < -0.3 is 5.32 Å². The van der Waals surface area contributed by atoms with Crippen molar-refractivity contribution in [3.8, 4) is 0 Å². The second kappa shape index (κ2) is 5.37. The van der Waals surface area contributed by atoms with Gasteiger partial charge in [0.25, 0.3) is 0 Å². The molecule has 1 atom stereocenters. The lowest BCUT2D eigenvalue weighted by Crippen LogP contribution is -2.52. The summed E-state index contributed by atoms with van der Waals surface area (Å²) in [6.07, 6.45) is 3.03. The predicted molar refractivity (Wildman–Crippen MR) is 70.4 cm³/mol. The number of ketones is 1. The van der Waals surface area contributed by atoms with E-state index in [-0.39, 0.29) is 18.0 Å². The number of carbonyl (C=O) groups is 1. The van der Waals surface area contributed by atoms with Crippen molar-refractivity contribution in [1.82, 2.24) is 5.32 Å².